The van der Waals surface area contributed by atoms with Crippen molar-refractivity contribution in [3.63, 3.8) is 0 Å². The minimum absolute atomic E-state index is 0.240. The van der Waals surface area contributed by atoms with Crippen LogP contribution in [0.15, 0.2) is 6.20 Å². The first-order chi connectivity index (χ1) is 5.76. The molecule has 0 aromatic carbocycles. The summed E-state index contributed by atoms with van der Waals surface area (Å²) >= 11 is 0. The lowest BCUT2D eigenvalue weighted by molar-refractivity contribution is 0.0778. The van der Waals surface area contributed by atoms with E-state index in [1.807, 2.05) is 0 Å². The molecule has 0 aliphatic heterocycles. The molecule has 1 atom stereocenters. The van der Waals surface area contributed by atoms with E-state index < -0.39 is 6.10 Å². The predicted molar refractivity (Wildman–Crippen MR) is 41.0 cm³/mol. The van der Waals surface area contributed by atoms with E-state index in [0.717, 1.165) is 0 Å². The molecule has 4 N–H and O–H groups in total. The Morgan fingerprint density at radius 1 is 1.67 bits per heavy atom. The van der Waals surface area contributed by atoms with E-state index in [2.05, 4.69) is 10.3 Å². The lowest BCUT2D eigenvalue weighted by Gasteiger charge is -2.04. The van der Waals surface area contributed by atoms with Crippen molar-refractivity contribution in [3.8, 4) is 0 Å². The monoisotopic (exact) mass is 172 g/mol. The molecule has 0 aliphatic carbocycles. The highest BCUT2D eigenvalue weighted by Crippen LogP contribution is 1.93. The second-order valence-corrected chi connectivity index (χ2v) is 2.47. The zero-order chi connectivity index (χ0) is 8.97. The van der Waals surface area contributed by atoms with Gasteiger partial charge in [0, 0.05) is 12.7 Å². The van der Waals surface area contributed by atoms with Gasteiger partial charge in [0.1, 0.15) is 0 Å². The average Bonchev–Trinajstić information content (AvgIpc) is 2.52. The summed E-state index contributed by atoms with van der Waals surface area (Å²) < 4.78 is 1.45. The summed E-state index contributed by atoms with van der Waals surface area (Å²) in [6.07, 6.45) is 0.844. The molecule has 6 nitrogen and oxygen atoms in total. The van der Waals surface area contributed by atoms with Gasteiger partial charge in [-0.05, 0) is 0 Å². The summed E-state index contributed by atoms with van der Waals surface area (Å²) in [7, 11) is 0. The van der Waals surface area contributed by atoms with Gasteiger partial charge in [-0.2, -0.15) is 0 Å². The van der Waals surface area contributed by atoms with E-state index in [4.69, 9.17) is 15.9 Å². The minimum atomic E-state index is -0.794. The Morgan fingerprint density at radius 3 is 2.92 bits per heavy atom. The van der Waals surface area contributed by atoms with Crippen molar-refractivity contribution in [1.82, 2.24) is 15.0 Å². The predicted octanol–water partition coefficient (Wildman–Crippen LogP) is -1.91. The molecule has 0 fully saturated rings. The maximum Gasteiger partial charge on any atom is 0.0966 e. The fraction of sp³-hybridized carbons (Fsp3) is 0.667. The first kappa shape index (κ1) is 9.11. The fourth-order valence-electron chi connectivity index (χ4n) is 0.795. The van der Waals surface area contributed by atoms with Gasteiger partial charge in [-0.1, -0.05) is 5.21 Å². The fourth-order valence-corrected chi connectivity index (χ4v) is 0.795. The summed E-state index contributed by atoms with van der Waals surface area (Å²) in [5, 5.41) is 25.0. The second-order valence-electron chi connectivity index (χ2n) is 2.47. The third kappa shape index (κ3) is 2.26. The number of nitrogens with two attached hydrogens (primary N) is 1. The van der Waals surface area contributed by atoms with Crippen LogP contribution in [0.1, 0.15) is 5.69 Å². The Bertz CT molecular complexity index is 237. The molecule has 12 heavy (non-hydrogen) atoms. The van der Waals surface area contributed by atoms with Crippen molar-refractivity contribution in [1.29, 1.82) is 0 Å². The van der Waals surface area contributed by atoms with Crippen LogP contribution in [0.3, 0.4) is 0 Å². The van der Waals surface area contributed by atoms with E-state index in [1.54, 1.807) is 6.20 Å². The molecular formula is C6H12N4O2. The van der Waals surface area contributed by atoms with Crippen LogP contribution in [0.5, 0.6) is 0 Å². The quantitative estimate of drug-likeness (QED) is 0.492. The second kappa shape index (κ2) is 4.15. The smallest absolute Gasteiger partial charge is 0.0966 e. The van der Waals surface area contributed by atoms with Gasteiger partial charge in [0.15, 0.2) is 0 Å². The van der Waals surface area contributed by atoms with E-state index in [-0.39, 0.29) is 13.2 Å². The van der Waals surface area contributed by atoms with Crippen LogP contribution >= 0.6 is 0 Å². The molecule has 1 rings (SSSR count). The minimum Gasteiger partial charge on any atom is -0.394 e. The van der Waals surface area contributed by atoms with Gasteiger partial charge >= 0.3 is 0 Å². The summed E-state index contributed by atoms with van der Waals surface area (Å²) in [5.74, 6) is 0. The SMILES string of the molecule is NCc1cn(CC(O)CO)nn1. The van der Waals surface area contributed by atoms with Gasteiger partial charge in [0.25, 0.3) is 0 Å². The highest BCUT2D eigenvalue weighted by Gasteiger charge is 2.04. The number of rotatable bonds is 4. The third-order valence-electron chi connectivity index (χ3n) is 1.40. The van der Waals surface area contributed by atoms with E-state index in [9.17, 15) is 0 Å². The molecule has 0 radical (unpaired) electrons. The molecule has 0 bridgehead atoms. The first-order valence-corrected chi connectivity index (χ1v) is 3.64. The normalized spacial score (nSPS) is 13.2. The Labute approximate surface area is 69.6 Å². The van der Waals surface area contributed by atoms with Crippen LogP contribution in [-0.4, -0.2) is 37.9 Å². The van der Waals surface area contributed by atoms with Crippen LogP contribution in [0.4, 0.5) is 0 Å². The largest absolute Gasteiger partial charge is 0.394 e. The van der Waals surface area contributed by atoms with Crippen LogP contribution in [0.25, 0.3) is 0 Å². The van der Waals surface area contributed by atoms with E-state index >= 15 is 0 Å². The van der Waals surface area contributed by atoms with E-state index in [1.165, 1.54) is 4.68 Å². The number of nitrogens with zero attached hydrogens (tertiary/aromatic N) is 3. The molecule has 1 heterocycles. The number of aliphatic hydroxyl groups excluding tert-OH is 2. The standard InChI is InChI=1S/C6H12N4O2/c7-1-5-2-10(9-8-5)3-6(12)4-11/h2,6,11-12H,1,3-4,7H2. The molecule has 0 spiro atoms. The molecule has 6 heteroatoms. The molecule has 0 aliphatic rings. The Morgan fingerprint density at radius 2 is 2.42 bits per heavy atom. The molecule has 68 valence electrons. The zero-order valence-corrected chi connectivity index (χ0v) is 6.59. The highest BCUT2D eigenvalue weighted by molar-refractivity contribution is 4.90. The van der Waals surface area contributed by atoms with Crippen molar-refractivity contribution in [3.05, 3.63) is 11.9 Å². The molecule has 0 saturated heterocycles. The van der Waals surface area contributed by atoms with Gasteiger partial charge in [-0.25, -0.2) is 4.68 Å². The van der Waals surface area contributed by atoms with Crippen LogP contribution < -0.4 is 5.73 Å². The Kier molecular flexibility index (Phi) is 3.15. The van der Waals surface area contributed by atoms with Gasteiger partial charge in [-0.3, -0.25) is 0 Å². The van der Waals surface area contributed by atoms with Gasteiger partial charge in [0.05, 0.1) is 24.9 Å². The number of aliphatic hydroxyl groups is 2. The topological polar surface area (TPSA) is 97.2 Å². The molecule has 0 amide bonds. The first-order valence-electron chi connectivity index (χ1n) is 3.64. The Hall–Kier alpha value is -0.980. The summed E-state index contributed by atoms with van der Waals surface area (Å²) in [5.41, 5.74) is 5.97. The Balaban J connectivity index is 2.52. The van der Waals surface area contributed by atoms with Gasteiger partial charge < -0.3 is 15.9 Å². The van der Waals surface area contributed by atoms with Crippen molar-refractivity contribution in [2.24, 2.45) is 5.73 Å². The number of hydrogen-bond acceptors (Lipinski definition) is 5. The lowest BCUT2D eigenvalue weighted by Crippen LogP contribution is -2.20. The number of aromatic nitrogens is 3. The molecule has 1 aromatic heterocycles. The lowest BCUT2D eigenvalue weighted by atomic mass is 10.4. The maximum absolute atomic E-state index is 9.02. The van der Waals surface area contributed by atoms with Crippen LogP contribution in [0, 0.1) is 0 Å². The maximum atomic E-state index is 9.02. The van der Waals surface area contributed by atoms with Crippen molar-refractivity contribution >= 4 is 0 Å². The summed E-state index contributed by atoms with van der Waals surface area (Å²) in [6.45, 7) is 0.288. The van der Waals surface area contributed by atoms with Crippen molar-refractivity contribution < 1.29 is 10.2 Å². The summed E-state index contributed by atoms with van der Waals surface area (Å²) in [6, 6.07) is 0. The van der Waals surface area contributed by atoms with Crippen molar-refractivity contribution in [2.75, 3.05) is 6.61 Å². The molecule has 1 aromatic rings. The molecular weight excluding hydrogens is 160 g/mol. The summed E-state index contributed by atoms with van der Waals surface area (Å²) in [4.78, 5) is 0. The van der Waals surface area contributed by atoms with Gasteiger partial charge in [-0.15, -0.1) is 5.10 Å². The van der Waals surface area contributed by atoms with Gasteiger partial charge in [0.2, 0.25) is 0 Å². The highest BCUT2D eigenvalue weighted by atomic mass is 16.3. The van der Waals surface area contributed by atoms with E-state index in [0.29, 0.717) is 12.2 Å². The van der Waals surface area contributed by atoms with Crippen molar-refractivity contribution in [2.45, 2.75) is 19.2 Å². The van der Waals surface area contributed by atoms with Crippen LogP contribution in [0.2, 0.25) is 0 Å². The average molecular weight is 172 g/mol. The number of hydrogen-bond donors (Lipinski definition) is 3. The third-order valence-corrected chi connectivity index (χ3v) is 1.40. The molecule has 0 saturated carbocycles. The van der Waals surface area contributed by atoms with Crippen LogP contribution in [-0.2, 0) is 13.1 Å². The zero-order valence-electron chi connectivity index (χ0n) is 6.59. The molecule has 1 unspecified atom stereocenters.